The number of allylic oxidation sites excluding steroid dienone is 3. The van der Waals surface area contributed by atoms with Gasteiger partial charge in [-0.2, -0.15) is 0 Å². The number of hydrogen-bond acceptors (Lipinski definition) is 20. The fraction of sp³-hybridized carbons (Fsp3) is 0.787. The lowest BCUT2D eigenvalue weighted by Gasteiger charge is -2.56. The number of alkyl carbamates (subject to hydrolysis) is 1. The summed E-state index contributed by atoms with van der Waals surface area (Å²) in [6.45, 7) is 20.6. The third-order valence-corrected chi connectivity index (χ3v) is 19.9. The summed E-state index contributed by atoms with van der Waals surface area (Å²) in [5, 5.41) is 60.3. The molecule has 8 N–H and O–H groups in total. The summed E-state index contributed by atoms with van der Waals surface area (Å²) in [4.78, 5) is 42.6. The van der Waals surface area contributed by atoms with E-state index in [1.165, 1.54) is 14.2 Å². The number of carbonyl (C=O) groups excluding carboxylic acids is 3. The number of Topliss-reactive ketones (excluding diaryl/α,β-unsaturated/α-hetero) is 1. The Hall–Kier alpha value is -3.65. The van der Waals surface area contributed by atoms with Gasteiger partial charge in [-0.05, 0) is 96.1 Å². The van der Waals surface area contributed by atoms with Crippen molar-refractivity contribution in [2.24, 2.45) is 52.6 Å². The van der Waals surface area contributed by atoms with Gasteiger partial charge in [0, 0.05) is 67.9 Å². The van der Waals surface area contributed by atoms with Gasteiger partial charge in [0.15, 0.2) is 30.8 Å². The number of aliphatic hydroxyl groups is 5. The first kappa shape index (κ1) is 62.9. The lowest BCUT2D eigenvalue weighted by Crippen LogP contribution is -2.66. The minimum Gasteiger partial charge on any atom is -0.511 e. The second-order valence-electron chi connectivity index (χ2n) is 25.8. The van der Waals surface area contributed by atoms with Crippen LogP contribution < -0.4 is 11.1 Å². The molecule has 21 nitrogen and oxygen atoms in total. The molecule has 6 fully saturated rings. The smallest absolute Gasteiger partial charge is 0.407 e. The van der Waals surface area contributed by atoms with Crippen LogP contribution in [0, 0.1) is 46.8 Å². The van der Waals surface area contributed by atoms with E-state index in [1.54, 1.807) is 26.8 Å². The van der Waals surface area contributed by atoms with E-state index in [-0.39, 0.29) is 73.7 Å². The summed E-state index contributed by atoms with van der Waals surface area (Å²) in [5.41, 5.74) is 4.75. The summed E-state index contributed by atoms with van der Waals surface area (Å²) < 4.78 is 68.4. The van der Waals surface area contributed by atoms with E-state index in [2.05, 4.69) is 37.4 Å². The molecule has 9 aliphatic rings. The molecule has 0 radical (unpaired) electrons. The molecule has 0 aromatic heterocycles. The Bertz CT molecular complexity index is 2490. The van der Waals surface area contributed by atoms with E-state index < -0.39 is 157 Å². The Kier molecular flexibility index (Phi) is 18.9. The number of nitrogens with one attached hydrogen (secondary N) is 1. The second kappa shape index (κ2) is 24.6. The number of carbonyl (C=O) groups is 3. The third-order valence-electron chi connectivity index (χ3n) is 19.9. The minimum atomic E-state index is -1.75. The number of ether oxygens (including phenoxy) is 11. The van der Waals surface area contributed by atoms with Crippen molar-refractivity contribution in [3.05, 3.63) is 58.4 Å². The largest absolute Gasteiger partial charge is 0.511 e. The molecule has 1 spiro atoms. The number of aliphatic hydroxyl groups excluding tert-OH is 5. The van der Waals surface area contributed by atoms with E-state index in [1.807, 2.05) is 47.6 Å². The monoisotopic (exact) mass is 1160 g/mol. The highest BCUT2D eigenvalue weighted by molar-refractivity contribution is 6.26. The predicted octanol–water partition coefficient (Wildman–Crippen LogP) is 5.25. The number of esters is 1. The van der Waals surface area contributed by atoms with Crippen LogP contribution >= 0.6 is 0 Å². The van der Waals surface area contributed by atoms with Crippen LogP contribution in [0.4, 0.5) is 4.79 Å². The third kappa shape index (κ3) is 11.8. The van der Waals surface area contributed by atoms with Gasteiger partial charge in [-0.25, -0.2) is 9.59 Å². The van der Waals surface area contributed by atoms with Crippen molar-refractivity contribution in [3.63, 3.8) is 0 Å². The molecule has 21 heteroatoms. The maximum atomic E-state index is 15.6. The van der Waals surface area contributed by atoms with Gasteiger partial charge in [0.25, 0.3) is 0 Å². The van der Waals surface area contributed by atoms with Crippen LogP contribution in [-0.2, 0) is 61.7 Å². The van der Waals surface area contributed by atoms with Gasteiger partial charge < -0.3 is 88.7 Å². The Morgan fingerprint density at radius 1 is 0.744 bits per heavy atom. The maximum Gasteiger partial charge on any atom is 0.407 e. The molecule has 27 atom stereocenters. The van der Waals surface area contributed by atoms with Gasteiger partial charge in [0.05, 0.1) is 74.7 Å². The van der Waals surface area contributed by atoms with Gasteiger partial charge in [0.2, 0.25) is 5.78 Å². The molecule has 5 heterocycles. The van der Waals surface area contributed by atoms with Crippen molar-refractivity contribution in [2.75, 3.05) is 20.8 Å². The molecule has 2 bridgehead atoms. The van der Waals surface area contributed by atoms with Crippen LogP contribution in [0.25, 0.3) is 0 Å². The second-order valence-corrected chi connectivity index (χ2v) is 25.8. The average molecular weight is 1160 g/mol. The number of rotatable bonds is 11. The zero-order valence-corrected chi connectivity index (χ0v) is 49.9. The summed E-state index contributed by atoms with van der Waals surface area (Å²) >= 11 is 0. The zero-order valence-electron chi connectivity index (χ0n) is 49.9. The first-order valence-corrected chi connectivity index (χ1v) is 29.7. The van der Waals surface area contributed by atoms with Crippen LogP contribution in [-0.4, -0.2) is 180 Å². The number of methoxy groups -OCH3 is 2. The highest BCUT2D eigenvalue weighted by Gasteiger charge is 2.64. The molecule has 16 unspecified atom stereocenters. The molecule has 4 aliphatic carbocycles. The minimum absolute atomic E-state index is 0.0320. The molecule has 460 valence electrons. The number of hydrogen-bond donors (Lipinski definition) is 7. The van der Waals surface area contributed by atoms with Crippen LogP contribution in [0.5, 0.6) is 0 Å². The number of nitrogens with two attached hydrogens (primary N) is 1. The molecule has 82 heavy (non-hydrogen) atoms. The Labute approximate surface area is 482 Å². The van der Waals surface area contributed by atoms with Crippen LogP contribution in [0.2, 0.25) is 0 Å². The number of fused-ring (bicyclic) bond motifs is 4. The Balaban J connectivity index is 1.00. The quantitative estimate of drug-likeness (QED) is 0.0789. The molecule has 1 amide bonds. The van der Waals surface area contributed by atoms with Crippen molar-refractivity contribution in [2.45, 2.75) is 237 Å². The van der Waals surface area contributed by atoms with Crippen molar-refractivity contribution in [1.29, 1.82) is 0 Å². The fourth-order valence-electron chi connectivity index (χ4n) is 15.7. The molecule has 1 saturated carbocycles. The molecular weight excluding hydrogens is 1060 g/mol. The van der Waals surface area contributed by atoms with Gasteiger partial charge in [-0.1, -0.05) is 63.6 Å². The van der Waals surface area contributed by atoms with Crippen LogP contribution in [0.15, 0.2) is 58.4 Å². The molecule has 0 aromatic rings. The number of ketones is 1. The van der Waals surface area contributed by atoms with Crippen molar-refractivity contribution in [1.82, 2.24) is 5.32 Å². The van der Waals surface area contributed by atoms with Gasteiger partial charge in [-0.15, -0.1) is 0 Å². The standard InChI is InChI=1S/C61H92N2O19/c1-27-14-17-42(78-47-25-59(10,62)54(35(9)77-47)63-58(71)73-13)28(2)19-37-20-36(26-64)31(5)24-61(37)56(69)48(57(70)82-61)55(68)60(11)39(27)16-15-38-49(60)29(3)18-30(4)51(38)80-46-23-43(50(67)32(6)74-46)79-44-22-41(66)53(34(8)76-44)81-45-21-40(65)52(72-12)33(7)75-45/h14-16,19-20,29-35,37-47,49-54,64-68H,17-18,21-26,62H2,1-13H3,(H,63,71)/b27-14-,28-19?,55-48-/t29-,30+,31+,32?,33?,34?,35?,37+,38-,39-,40?,41?,42-,43?,44?,45?,46?,47?,49+,50?,51-,52?,53?,54?,59?,60+,61-/m0/s1. The van der Waals surface area contributed by atoms with E-state index in [4.69, 9.17) is 57.8 Å². The first-order chi connectivity index (χ1) is 38.6. The van der Waals surface area contributed by atoms with E-state index >= 15 is 4.79 Å². The highest BCUT2D eigenvalue weighted by atomic mass is 16.7. The first-order valence-electron chi connectivity index (χ1n) is 29.7. The summed E-state index contributed by atoms with van der Waals surface area (Å²) in [6.07, 6.45) is -1.16. The van der Waals surface area contributed by atoms with Crippen LogP contribution in [0.1, 0.15) is 121 Å². The van der Waals surface area contributed by atoms with Crippen molar-refractivity contribution < 1.29 is 92.0 Å². The molecule has 5 aliphatic heterocycles. The molecule has 0 aromatic carbocycles. The van der Waals surface area contributed by atoms with Crippen molar-refractivity contribution in [3.8, 4) is 0 Å². The fourth-order valence-corrected chi connectivity index (χ4v) is 15.7. The Morgan fingerprint density at radius 2 is 1.37 bits per heavy atom. The average Bonchev–Trinajstić information content (AvgIpc) is 3.56. The zero-order chi connectivity index (χ0) is 59.7. The topological polar surface area (TPSA) is 292 Å². The maximum absolute atomic E-state index is 15.6. The number of amides is 1. The van der Waals surface area contributed by atoms with E-state index in [0.29, 0.717) is 24.0 Å². The van der Waals surface area contributed by atoms with Crippen LogP contribution in [0.3, 0.4) is 0 Å². The Morgan fingerprint density at radius 3 is 2.00 bits per heavy atom. The van der Waals surface area contributed by atoms with Gasteiger partial charge >= 0.3 is 12.1 Å². The summed E-state index contributed by atoms with van der Waals surface area (Å²) in [7, 11) is 2.79. The summed E-state index contributed by atoms with van der Waals surface area (Å²) in [6, 6.07) is -0.595. The lowest BCUT2D eigenvalue weighted by molar-refractivity contribution is -0.335. The lowest BCUT2D eigenvalue weighted by atomic mass is 9.49. The van der Waals surface area contributed by atoms with Gasteiger partial charge in [-0.3, -0.25) is 4.79 Å². The highest BCUT2D eigenvalue weighted by Crippen LogP contribution is 2.61. The summed E-state index contributed by atoms with van der Waals surface area (Å²) in [5.74, 6) is -4.54. The van der Waals surface area contributed by atoms with Crippen molar-refractivity contribution >= 4 is 17.8 Å². The van der Waals surface area contributed by atoms with E-state index in [9.17, 15) is 35.1 Å². The van der Waals surface area contributed by atoms with E-state index in [0.717, 1.165) is 5.57 Å². The predicted molar refractivity (Wildman–Crippen MR) is 295 cm³/mol. The normalized spacial score (nSPS) is 49.7. The molecule has 9 rings (SSSR count). The molecular formula is C61H92N2O19. The SMILES string of the molecule is COC(=O)NC1C(C)OC(O[C@H]2C/C=C(/C)[C@@H]3C=C[C@@H]4[C@@H](OC5CC(OC6CC(O)C(OC7CC(O)C(OC)C(C)O7)C(C)O6)C(O)C(C)O5)[C@H](C)C[C@H](C)[C@H]4[C@]3(C)/C(O)=C3/C(=O)O[C@]4(C[C@@H](C)C(CO)=C[C@H]4C=C2C)C3=O)CC1(C)N. The van der Waals surface area contributed by atoms with Gasteiger partial charge in [0.1, 0.15) is 29.6 Å². The molecule has 5 saturated heterocycles.